The maximum atomic E-state index is 13.2. The lowest BCUT2D eigenvalue weighted by Gasteiger charge is -2.35. The fraction of sp³-hybridized carbons (Fsp3) is 0.308. The number of rotatable bonds is 7. The van der Waals surface area contributed by atoms with E-state index in [9.17, 15) is 18.5 Å². The molecular formula is C26H27N5O4S2. The Labute approximate surface area is 219 Å². The molecule has 0 bridgehead atoms. The molecule has 0 amide bonds. The normalized spacial score (nSPS) is 14.8. The molecule has 2 aromatic heterocycles. The van der Waals surface area contributed by atoms with E-state index in [-0.39, 0.29) is 10.6 Å². The molecule has 1 fully saturated rings. The average molecular weight is 538 g/mol. The summed E-state index contributed by atoms with van der Waals surface area (Å²) in [6, 6.07) is 15.3. The summed E-state index contributed by atoms with van der Waals surface area (Å²) >= 11 is 1.67. The number of aromatic nitrogens is 2. The Morgan fingerprint density at radius 1 is 0.946 bits per heavy atom. The maximum Gasteiger partial charge on any atom is 0.269 e. The molecule has 0 spiro atoms. The van der Waals surface area contributed by atoms with Crippen LogP contribution >= 0.6 is 11.3 Å². The average Bonchev–Trinajstić information content (AvgIpc) is 3.20. The number of benzene rings is 2. The number of non-ortho nitro benzene ring substituents is 1. The van der Waals surface area contributed by atoms with Crippen LogP contribution in [-0.2, 0) is 22.9 Å². The van der Waals surface area contributed by atoms with Gasteiger partial charge in [-0.2, -0.15) is 4.31 Å². The number of nitrogens with zero attached hydrogens (tertiary/aromatic N) is 5. The standard InChI is InChI=1S/C26H27N5O4S2/c1-18-19(2)36-26-24(18)25(27-23(28-26)13-8-20-6-4-3-5-7-20)29-14-16-30(17-15-29)37(34,35)22-11-9-21(10-12-22)31(32)33/h3-7,9-12H,8,13-17H2,1-2H3. The van der Waals surface area contributed by atoms with Gasteiger partial charge in [-0.3, -0.25) is 10.1 Å². The van der Waals surface area contributed by atoms with Gasteiger partial charge in [-0.25, -0.2) is 18.4 Å². The topological polar surface area (TPSA) is 110 Å². The number of hydrogen-bond acceptors (Lipinski definition) is 8. The minimum Gasteiger partial charge on any atom is -0.353 e. The number of sulfonamides is 1. The molecule has 0 atom stereocenters. The Bertz CT molecular complexity index is 1550. The third-order valence-corrected chi connectivity index (χ3v) is 9.77. The van der Waals surface area contributed by atoms with Crippen molar-refractivity contribution in [3.8, 4) is 0 Å². The molecule has 192 valence electrons. The second kappa shape index (κ2) is 10.2. The zero-order chi connectivity index (χ0) is 26.2. The lowest BCUT2D eigenvalue weighted by Crippen LogP contribution is -2.49. The number of piperazine rings is 1. The first-order valence-electron chi connectivity index (χ1n) is 12.0. The SMILES string of the molecule is Cc1sc2nc(CCc3ccccc3)nc(N3CCN(S(=O)(=O)c4ccc([N+](=O)[O-])cc4)CC3)c2c1C. The van der Waals surface area contributed by atoms with Crippen LogP contribution < -0.4 is 4.90 Å². The van der Waals surface area contributed by atoms with Crippen LogP contribution in [0.3, 0.4) is 0 Å². The Morgan fingerprint density at radius 3 is 2.27 bits per heavy atom. The summed E-state index contributed by atoms with van der Waals surface area (Å²) < 4.78 is 27.8. The van der Waals surface area contributed by atoms with Gasteiger partial charge in [0.25, 0.3) is 5.69 Å². The zero-order valence-corrected chi connectivity index (χ0v) is 22.3. The summed E-state index contributed by atoms with van der Waals surface area (Å²) in [6.45, 7) is 5.75. The number of hydrogen-bond donors (Lipinski definition) is 0. The van der Waals surface area contributed by atoms with Gasteiger partial charge in [0.1, 0.15) is 16.5 Å². The monoisotopic (exact) mass is 537 g/mol. The third-order valence-electron chi connectivity index (χ3n) is 6.76. The summed E-state index contributed by atoms with van der Waals surface area (Å²) in [4.78, 5) is 24.6. The van der Waals surface area contributed by atoms with Gasteiger partial charge in [-0.15, -0.1) is 11.3 Å². The van der Waals surface area contributed by atoms with Gasteiger partial charge in [-0.1, -0.05) is 30.3 Å². The van der Waals surface area contributed by atoms with Crippen molar-refractivity contribution >= 4 is 43.1 Å². The van der Waals surface area contributed by atoms with Crippen molar-refractivity contribution in [2.45, 2.75) is 31.6 Å². The third kappa shape index (κ3) is 5.07. The van der Waals surface area contributed by atoms with Gasteiger partial charge in [0, 0.05) is 49.6 Å². The maximum absolute atomic E-state index is 13.2. The van der Waals surface area contributed by atoms with Crippen molar-refractivity contribution < 1.29 is 13.3 Å². The molecule has 9 nitrogen and oxygen atoms in total. The van der Waals surface area contributed by atoms with E-state index in [2.05, 4.69) is 30.9 Å². The highest BCUT2D eigenvalue weighted by molar-refractivity contribution is 7.89. The summed E-state index contributed by atoms with van der Waals surface area (Å²) in [5, 5.41) is 12.0. The summed E-state index contributed by atoms with van der Waals surface area (Å²) in [7, 11) is -3.75. The van der Waals surface area contributed by atoms with Crippen molar-refractivity contribution in [2.24, 2.45) is 0 Å². The van der Waals surface area contributed by atoms with Gasteiger partial charge in [0.2, 0.25) is 10.0 Å². The highest BCUT2D eigenvalue weighted by Crippen LogP contribution is 2.36. The predicted molar refractivity (Wildman–Crippen MR) is 145 cm³/mol. The van der Waals surface area contributed by atoms with Crippen LogP contribution in [0.1, 0.15) is 21.8 Å². The van der Waals surface area contributed by atoms with Crippen molar-refractivity contribution in [1.82, 2.24) is 14.3 Å². The van der Waals surface area contributed by atoms with Crippen LogP contribution in [0, 0.1) is 24.0 Å². The van der Waals surface area contributed by atoms with Crippen LogP contribution in [-0.4, -0.2) is 53.8 Å². The van der Waals surface area contributed by atoms with Crippen molar-refractivity contribution in [1.29, 1.82) is 0 Å². The van der Waals surface area contributed by atoms with E-state index in [1.807, 2.05) is 18.2 Å². The van der Waals surface area contributed by atoms with E-state index in [0.717, 1.165) is 40.3 Å². The van der Waals surface area contributed by atoms with Crippen LogP contribution in [0.25, 0.3) is 10.2 Å². The molecule has 0 radical (unpaired) electrons. The zero-order valence-electron chi connectivity index (χ0n) is 20.6. The second-order valence-corrected chi connectivity index (χ2v) is 12.2. The molecule has 0 N–H and O–H groups in total. The fourth-order valence-electron chi connectivity index (χ4n) is 4.54. The molecule has 0 aliphatic carbocycles. The largest absolute Gasteiger partial charge is 0.353 e. The van der Waals surface area contributed by atoms with E-state index >= 15 is 0 Å². The molecular weight excluding hydrogens is 510 g/mol. The van der Waals surface area contributed by atoms with Crippen LogP contribution in [0.4, 0.5) is 11.5 Å². The molecule has 11 heteroatoms. The molecule has 1 aliphatic heterocycles. The molecule has 5 rings (SSSR count). The summed E-state index contributed by atoms with van der Waals surface area (Å²) in [5.41, 5.74) is 2.25. The molecule has 0 saturated carbocycles. The van der Waals surface area contributed by atoms with Crippen molar-refractivity contribution in [3.05, 3.63) is 86.5 Å². The Morgan fingerprint density at radius 2 is 1.62 bits per heavy atom. The molecule has 1 aliphatic rings. The molecule has 0 unspecified atom stereocenters. The number of thiophene rings is 1. The fourth-order valence-corrected chi connectivity index (χ4v) is 7.01. The molecule has 3 heterocycles. The number of fused-ring (bicyclic) bond motifs is 1. The van der Waals surface area contributed by atoms with Gasteiger partial charge in [0.15, 0.2) is 0 Å². The van der Waals surface area contributed by atoms with E-state index in [0.29, 0.717) is 26.2 Å². The smallest absolute Gasteiger partial charge is 0.269 e. The summed E-state index contributed by atoms with van der Waals surface area (Å²) in [6.07, 6.45) is 1.56. The molecule has 37 heavy (non-hydrogen) atoms. The molecule has 2 aromatic carbocycles. The van der Waals surface area contributed by atoms with Gasteiger partial charge >= 0.3 is 0 Å². The Balaban J connectivity index is 1.37. The second-order valence-electron chi connectivity index (χ2n) is 9.05. The molecule has 4 aromatic rings. The first-order chi connectivity index (χ1) is 17.7. The van der Waals surface area contributed by atoms with Gasteiger partial charge < -0.3 is 4.90 Å². The first kappa shape index (κ1) is 25.2. The van der Waals surface area contributed by atoms with Crippen molar-refractivity contribution in [3.63, 3.8) is 0 Å². The van der Waals surface area contributed by atoms with Crippen LogP contribution in [0.2, 0.25) is 0 Å². The first-order valence-corrected chi connectivity index (χ1v) is 14.3. The number of anilines is 1. The van der Waals surface area contributed by atoms with E-state index < -0.39 is 14.9 Å². The van der Waals surface area contributed by atoms with E-state index in [1.165, 1.54) is 39.0 Å². The summed E-state index contributed by atoms with van der Waals surface area (Å²) in [5.74, 6) is 1.65. The minimum absolute atomic E-state index is 0.0588. The van der Waals surface area contributed by atoms with Crippen molar-refractivity contribution in [2.75, 3.05) is 31.1 Å². The Hall–Kier alpha value is -3.41. The van der Waals surface area contributed by atoms with Crippen LogP contribution in [0.15, 0.2) is 59.5 Å². The Kier molecular flexibility index (Phi) is 6.93. The number of nitro groups is 1. The van der Waals surface area contributed by atoms with E-state index in [1.54, 1.807) is 11.3 Å². The number of nitro benzene ring substituents is 1. The number of aryl methyl sites for hydroxylation is 4. The highest BCUT2D eigenvalue weighted by Gasteiger charge is 2.30. The van der Waals surface area contributed by atoms with E-state index in [4.69, 9.17) is 9.97 Å². The lowest BCUT2D eigenvalue weighted by molar-refractivity contribution is -0.384. The highest BCUT2D eigenvalue weighted by atomic mass is 32.2. The quantitative estimate of drug-likeness (QED) is 0.252. The minimum atomic E-state index is -3.75. The predicted octanol–water partition coefficient (Wildman–Crippen LogP) is 4.51. The van der Waals surface area contributed by atoms with Crippen LogP contribution in [0.5, 0.6) is 0 Å². The lowest BCUT2D eigenvalue weighted by atomic mass is 10.1. The van der Waals surface area contributed by atoms with Gasteiger partial charge in [-0.05, 0) is 43.5 Å². The van der Waals surface area contributed by atoms with Gasteiger partial charge in [0.05, 0.1) is 15.2 Å². The molecule has 1 saturated heterocycles.